The lowest BCUT2D eigenvalue weighted by Gasteiger charge is -2.24. The molecular formula is C25H28N2O5S. The molecule has 0 aliphatic rings. The first-order valence-corrected chi connectivity index (χ1v) is 12.1. The summed E-state index contributed by atoms with van der Waals surface area (Å²) in [6, 6.07) is 22.5. The summed E-state index contributed by atoms with van der Waals surface area (Å²) in [6.45, 7) is 2.10. The van der Waals surface area contributed by atoms with Crippen LogP contribution in [0.5, 0.6) is 11.5 Å². The van der Waals surface area contributed by atoms with Crippen molar-refractivity contribution in [3.05, 3.63) is 84.4 Å². The first-order chi connectivity index (χ1) is 16.0. The van der Waals surface area contributed by atoms with Crippen LogP contribution in [-0.4, -0.2) is 41.1 Å². The van der Waals surface area contributed by atoms with Gasteiger partial charge in [-0.15, -0.1) is 0 Å². The fourth-order valence-corrected chi connectivity index (χ4v) is 4.65. The van der Waals surface area contributed by atoms with Crippen molar-refractivity contribution in [2.75, 3.05) is 31.1 Å². The molecule has 0 aromatic heterocycles. The van der Waals surface area contributed by atoms with Gasteiger partial charge in [-0.3, -0.25) is 9.10 Å². The van der Waals surface area contributed by atoms with E-state index in [1.54, 1.807) is 49.6 Å². The minimum absolute atomic E-state index is 0.122. The highest BCUT2D eigenvalue weighted by atomic mass is 32.2. The van der Waals surface area contributed by atoms with Crippen molar-refractivity contribution in [2.45, 2.75) is 18.2 Å². The van der Waals surface area contributed by atoms with Crippen LogP contribution in [0.2, 0.25) is 0 Å². The third-order valence-electron chi connectivity index (χ3n) is 5.00. The van der Waals surface area contributed by atoms with E-state index in [0.717, 1.165) is 16.3 Å². The number of hydrogen-bond donors (Lipinski definition) is 1. The zero-order valence-electron chi connectivity index (χ0n) is 18.7. The van der Waals surface area contributed by atoms with Crippen molar-refractivity contribution in [2.24, 2.45) is 0 Å². The van der Waals surface area contributed by atoms with E-state index < -0.39 is 15.9 Å². The zero-order valence-corrected chi connectivity index (χ0v) is 19.5. The molecule has 0 fully saturated rings. The van der Waals surface area contributed by atoms with E-state index in [0.29, 0.717) is 17.2 Å². The Morgan fingerprint density at radius 3 is 2.18 bits per heavy atom. The quantitative estimate of drug-likeness (QED) is 0.434. The predicted molar refractivity (Wildman–Crippen MR) is 128 cm³/mol. The van der Waals surface area contributed by atoms with Crippen molar-refractivity contribution in [3.63, 3.8) is 0 Å². The second-order valence-electron chi connectivity index (χ2n) is 7.19. The molecule has 3 aromatic carbocycles. The first kappa shape index (κ1) is 24.1. The second-order valence-corrected chi connectivity index (χ2v) is 9.06. The Kier molecular flexibility index (Phi) is 8.32. The Bertz CT molecular complexity index is 1150. The zero-order chi connectivity index (χ0) is 23.7. The predicted octanol–water partition coefficient (Wildman–Crippen LogP) is 3.65. The normalized spacial score (nSPS) is 11.0. The summed E-state index contributed by atoms with van der Waals surface area (Å²) in [5.41, 5.74) is 1.50. The van der Waals surface area contributed by atoms with Crippen LogP contribution in [0.15, 0.2) is 83.8 Å². The van der Waals surface area contributed by atoms with Crippen LogP contribution >= 0.6 is 0 Å². The van der Waals surface area contributed by atoms with Crippen LogP contribution < -0.4 is 19.1 Å². The smallest absolute Gasteiger partial charge is 0.264 e. The summed E-state index contributed by atoms with van der Waals surface area (Å²) in [6.07, 6.45) is 0.832. The maximum Gasteiger partial charge on any atom is 0.264 e. The fraction of sp³-hybridized carbons (Fsp3) is 0.240. The summed E-state index contributed by atoms with van der Waals surface area (Å²) < 4.78 is 38.6. The molecule has 0 saturated heterocycles. The lowest BCUT2D eigenvalue weighted by Crippen LogP contribution is -2.41. The molecule has 7 nitrogen and oxygen atoms in total. The number of para-hydroxylation sites is 2. The minimum Gasteiger partial charge on any atom is -0.493 e. The Morgan fingerprint density at radius 2 is 1.55 bits per heavy atom. The van der Waals surface area contributed by atoms with Gasteiger partial charge in [0, 0.05) is 0 Å². The van der Waals surface area contributed by atoms with Gasteiger partial charge >= 0.3 is 0 Å². The van der Waals surface area contributed by atoms with Gasteiger partial charge in [-0.1, -0.05) is 49.4 Å². The molecule has 0 aliphatic heterocycles. The van der Waals surface area contributed by atoms with Gasteiger partial charge in [-0.2, -0.15) is 0 Å². The highest BCUT2D eigenvalue weighted by molar-refractivity contribution is 7.92. The molecule has 3 aromatic rings. The van der Waals surface area contributed by atoms with E-state index in [4.69, 9.17) is 9.47 Å². The average Bonchev–Trinajstić information content (AvgIpc) is 2.86. The monoisotopic (exact) mass is 468 g/mol. The molecule has 0 saturated carbocycles. The van der Waals surface area contributed by atoms with Crippen molar-refractivity contribution in [1.82, 2.24) is 5.32 Å². The molecule has 0 bridgehead atoms. The third-order valence-corrected chi connectivity index (χ3v) is 6.79. The Labute approximate surface area is 195 Å². The van der Waals surface area contributed by atoms with Gasteiger partial charge in [0.2, 0.25) is 5.91 Å². The van der Waals surface area contributed by atoms with Gasteiger partial charge in [-0.05, 0) is 48.4 Å². The van der Waals surface area contributed by atoms with Crippen LogP contribution in [0, 0.1) is 0 Å². The third kappa shape index (κ3) is 6.26. The molecule has 8 heteroatoms. The van der Waals surface area contributed by atoms with Crippen LogP contribution in [0.1, 0.15) is 12.5 Å². The maximum atomic E-state index is 13.3. The number of anilines is 1. The SMILES string of the molecule is CCc1ccc(N(CC(=O)NCCOc2ccccc2OC)S(=O)(=O)c2ccccc2)cc1. The van der Waals surface area contributed by atoms with E-state index >= 15 is 0 Å². The Balaban J connectivity index is 1.69. The Morgan fingerprint density at radius 1 is 0.909 bits per heavy atom. The van der Waals surface area contributed by atoms with Crippen LogP contribution in [-0.2, 0) is 21.2 Å². The molecule has 1 N–H and O–H groups in total. The van der Waals surface area contributed by atoms with Gasteiger partial charge in [0.15, 0.2) is 11.5 Å². The highest BCUT2D eigenvalue weighted by Crippen LogP contribution is 2.26. The molecule has 0 heterocycles. The van der Waals surface area contributed by atoms with E-state index in [2.05, 4.69) is 5.32 Å². The van der Waals surface area contributed by atoms with Gasteiger partial charge in [0.25, 0.3) is 10.0 Å². The first-order valence-electron chi connectivity index (χ1n) is 10.6. The average molecular weight is 469 g/mol. The minimum atomic E-state index is -3.93. The van der Waals surface area contributed by atoms with E-state index in [9.17, 15) is 13.2 Å². The van der Waals surface area contributed by atoms with Crippen molar-refractivity contribution in [1.29, 1.82) is 0 Å². The number of carbonyl (C=O) groups excluding carboxylic acids is 1. The number of ether oxygens (including phenoxy) is 2. The van der Waals surface area contributed by atoms with E-state index in [-0.39, 0.29) is 24.6 Å². The number of amides is 1. The molecule has 1 amide bonds. The Hall–Kier alpha value is -3.52. The lowest BCUT2D eigenvalue weighted by atomic mass is 10.1. The number of aryl methyl sites for hydroxylation is 1. The highest BCUT2D eigenvalue weighted by Gasteiger charge is 2.27. The molecule has 174 valence electrons. The summed E-state index contributed by atoms with van der Waals surface area (Å²) in [4.78, 5) is 12.8. The largest absolute Gasteiger partial charge is 0.493 e. The van der Waals surface area contributed by atoms with Gasteiger partial charge in [0.1, 0.15) is 13.2 Å². The summed E-state index contributed by atoms with van der Waals surface area (Å²) in [7, 11) is -2.37. The van der Waals surface area contributed by atoms with Crippen LogP contribution in [0.25, 0.3) is 0 Å². The number of nitrogens with zero attached hydrogens (tertiary/aromatic N) is 1. The van der Waals surface area contributed by atoms with Crippen LogP contribution in [0.4, 0.5) is 5.69 Å². The van der Waals surface area contributed by atoms with E-state index in [1.165, 1.54) is 12.1 Å². The molecule has 0 aliphatic carbocycles. The van der Waals surface area contributed by atoms with Gasteiger partial charge in [0.05, 0.1) is 24.2 Å². The molecule has 0 unspecified atom stereocenters. The fourth-order valence-electron chi connectivity index (χ4n) is 3.21. The number of benzene rings is 3. The van der Waals surface area contributed by atoms with Gasteiger partial charge < -0.3 is 14.8 Å². The van der Waals surface area contributed by atoms with Crippen molar-refractivity contribution >= 4 is 21.6 Å². The number of hydrogen-bond acceptors (Lipinski definition) is 5. The van der Waals surface area contributed by atoms with Gasteiger partial charge in [-0.25, -0.2) is 8.42 Å². The topological polar surface area (TPSA) is 84.9 Å². The molecule has 33 heavy (non-hydrogen) atoms. The molecule has 0 spiro atoms. The molecule has 0 atom stereocenters. The molecule has 3 rings (SSSR count). The number of carbonyl (C=O) groups is 1. The van der Waals surface area contributed by atoms with Crippen molar-refractivity contribution < 1.29 is 22.7 Å². The number of nitrogens with one attached hydrogen (secondary N) is 1. The number of rotatable bonds is 11. The summed E-state index contributed by atoms with van der Waals surface area (Å²) in [5.74, 6) is 0.732. The van der Waals surface area contributed by atoms with E-state index in [1.807, 2.05) is 31.2 Å². The van der Waals surface area contributed by atoms with Crippen molar-refractivity contribution in [3.8, 4) is 11.5 Å². The summed E-state index contributed by atoms with van der Waals surface area (Å²) >= 11 is 0. The number of sulfonamides is 1. The maximum absolute atomic E-state index is 13.3. The molecule has 0 radical (unpaired) electrons. The molecular weight excluding hydrogens is 440 g/mol. The summed E-state index contributed by atoms with van der Waals surface area (Å²) in [5, 5.41) is 2.73. The van der Waals surface area contributed by atoms with Crippen LogP contribution in [0.3, 0.4) is 0 Å². The lowest BCUT2D eigenvalue weighted by molar-refractivity contribution is -0.119. The standard InChI is InChI=1S/C25H28N2O5S/c1-3-20-13-15-21(16-14-20)27(33(29,30)22-9-5-4-6-10-22)19-25(28)26-17-18-32-24-12-8-7-11-23(24)31-2/h4-16H,3,17-19H2,1-2H3,(H,26,28). The second kappa shape index (κ2) is 11.4. The number of methoxy groups -OCH3 is 1.